The zero-order valence-electron chi connectivity index (χ0n) is 14.2. The first kappa shape index (κ1) is 16.2. The van der Waals surface area contributed by atoms with Gasteiger partial charge in [0, 0.05) is 5.56 Å². The lowest BCUT2D eigenvalue weighted by Gasteiger charge is -2.03. The van der Waals surface area contributed by atoms with E-state index in [0.29, 0.717) is 16.4 Å². The third kappa shape index (κ3) is 2.80. The second-order valence-corrected chi connectivity index (χ2v) is 6.10. The van der Waals surface area contributed by atoms with Crippen LogP contribution in [0, 0.1) is 18.6 Å². The van der Waals surface area contributed by atoms with E-state index < -0.39 is 0 Å². The molecule has 0 saturated carbocycles. The maximum atomic E-state index is 5.40. The molecule has 0 aliphatic carbocycles. The van der Waals surface area contributed by atoms with Gasteiger partial charge in [0.15, 0.2) is 5.76 Å². The molecule has 3 aromatic heterocycles. The van der Waals surface area contributed by atoms with Crippen LogP contribution in [0.3, 0.4) is 0 Å². The predicted octanol–water partition coefficient (Wildman–Crippen LogP) is 3.89. The Morgan fingerprint density at radius 1 is 1.15 bits per heavy atom. The average Bonchev–Trinajstić information content (AvgIpc) is 3.36. The lowest BCUT2D eigenvalue weighted by molar-refractivity contribution is 0.573. The number of hydrogen-bond acceptors (Lipinski definition) is 5. The fourth-order valence-electron chi connectivity index (χ4n) is 2.74. The number of nitrogens with zero attached hydrogens (tertiary/aromatic N) is 5. The molecule has 8 heteroatoms. The molecule has 0 amide bonds. The number of aromatic nitrogens is 5. The molecular weight excluding hydrogens is 348 g/mol. The second kappa shape index (κ2) is 6.57. The summed E-state index contributed by atoms with van der Waals surface area (Å²) in [6.45, 7) is 3.96. The summed E-state index contributed by atoms with van der Waals surface area (Å²) in [5, 5.41) is 16.1. The number of furan rings is 1. The fraction of sp³-hybridized carbons (Fsp3) is 0.111. The van der Waals surface area contributed by atoms with Crippen LogP contribution in [0.15, 0.2) is 58.2 Å². The van der Waals surface area contributed by atoms with Crippen molar-refractivity contribution in [3.05, 3.63) is 70.5 Å². The number of aryl methyl sites for hydroxylation is 1. The van der Waals surface area contributed by atoms with E-state index >= 15 is 0 Å². The molecule has 0 aliphatic heterocycles. The lowest BCUT2D eigenvalue weighted by Crippen LogP contribution is -1.99. The first-order valence-corrected chi connectivity index (χ1v) is 8.43. The van der Waals surface area contributed by atoms with Crippen molar-refractivity contribution in [1.29, 1.82) is 0 Å². The first-order chi connectivity index (χ1) is 12.6. The van der Waals surface area contributed by atoms with Crippen molar-refractivity contribution in [3.8, 4) is 17.3 Å². The van der Waals surface area contributed by atoms with Gasteiger partial charge in [-0.05, 0) is 50.3 Å². The van der Waals surface area contributed by atoms with Gasteiger partial charge in [-0.3, -0.25) is 0 Å². The molecule has 0 spiro atoms. The van der Waals surface area contributed by atoms with Crippen LogP contribution in [0.4, 0.5) is 0 Å². The van der Waals surface area contributed by atoms with E-state index in [4.69, 9.17) is 16.6 Å². The lowest BCUT2D eigenvalue weighted by atomic mass is 10.2. The predicted molar refractivity (Wildman–Crippen MR) is 101 cm³/mol. The second-order valence-electron chi connectivity index (χ2n) is 5.72. The van der Waals surface area contributed by atoms with Crippen molar-refractivity contribution in [1.82, 2.24) is 24.7 Å². The highest BCUT2D eigenvalue weighted by Crippen LogP contribution is 2.19. The van der Waals surface area contributed by atoms with Crippen LogP contribution < -0.4 is 0 Å². The van der Waals surface area contributed by atoms with Crippen molar-refractivity contribution in [2.75, 3.05) is 0 Å². The van der Waals surface area contributed by atoms with Gasteiger partial charge in [-0.2, -0.15) is 14.9 Å². The highest BCUT2D eigenvalue weighted by Gasteiger charge is 2.13. The first-order valence-electron chi connectivity index (χ1n) is 8.02. The van der Waals surface area contributed by atoms with E-state index in [1.165, 1.54) is 4.68 Å². The number of benzene rings is 1. The van der Waals surface area contributed by atoms with E-state index in [-0.39, 0.29) is 0 Å². The van der Waals surface area contributed by atoms with E-state index in [1.54, 1.807) is 24.6 Å². The summed E-state index contributed by atoms with van der Waals surface area (Å²) in [5.41, 5.74) is 3.81. The van der Waals surface area contributed by atoms with Crippen LogP contribution in [-0.2, 0) is 0 Å². The van der Waals surface area contributed by atoms with Gasteiger partial charge in [0.1, 0.15) is 0 Å². The van der Waals surface area contributed by atoms with E-state index in [1.807, 2.05) is 48.9 Å². The molecule has 0 aliphatic rings. The van der Waals surface area contributed by atoms with Crippen molar-refractivity contribution in [3.63, 3.8) is 0 Å². The minimum atomic E-state index is 0.387. The van der Waals surface area contributed by atoms with Gasteiger partial charge in [-0.1, -0.05) is 18.2 Å². The maximum Gasteiger partial charge on any atom is 0.219 e. The highest BCUT2D eigenvalue weighted by atomic mass is 32.1. The molecule has 26 heavy (non-hydrogen) atoms. The summed E-state index contributed by atoms with van der Waals surface area (Å²) in [5.74, 6) is 1.10. The van der Waals surface area contributed by atoms with Gasteiger partial charge in [-0.25, -0.2) is 9.78 Å². The molecule has 130 valence electrons. The Balaban J connectivity index is 1.75. The number of para-hydroxylation sites is 1. The van der Waals surface area contributed by atoms with Gasteiger partial charge in [0.2, 0.25) is 10.6 Å². The average molecular weight is 364 g/mol. The summed E-state index contributed by atoms with van der Waals surface area (Å²) < 4.78 is 9.22. The third-order valence-corrected chi connectivity index (χ3v) is 4.31. The largest absolute Gasteiger partial charge is 0.461 e. The minimum Gasteiger partial charge on any atom is -0.461 e. The van der Waals surface area contributed by atoms with Crippen LogP contribution >= 0.6 is 12.2 Å². The van der Waals surface area contributed by atoms with Crippen molar-refractivity contribution in [2.24, 2.45) is 5.10 Å². The Labute approximate surface area is 154 Å². The number of hydrogen-bond donors (Lipinski definition) is 1. The van der Waals surface area contributed by atoms with E-state index in [0.717, 1.165) is 22.6 Å². The van der Waals surface area contributed by atoms with Crippen LogP contribution in [0.1, 0.15) is 17.0 Å². The molecule has 0 fully saturated rings. The Bertz CT molecular complexity index is 1120. The molecule has 1 N–H and O–H groups in total. The maximum absolute atomic E-state index is 5.40. The summed E-state index contributed by atoms with van der Waals surface area (Å²) in [4.78, 5) is 0. The minimum absolute atomic E-state index is 0.387. The molecule has 0 radical (unpaired) electrons. The van der Waals surface area contributed by atoms with Crippen LogP contribution in [0.5, 0.6) is 0 Å². The van der Waals surface area contributed by atoms with Gasteiger partial charge < -0.3 is 4.42 Å². The highest BCUT2D eigenvalue weighted by molar-refractivity contribution is 7.71. The molecular formula is C18H16N6OS. The van der Waals surface area contributed by atoms with Crippen LogP contribution in [0.25, 0.3) is 17.3 Å². The van der Waals surface area contributed by atoms with Gasteiger partial charge >= 0.3 is 0 Å². The Kier molecular flexibility index (Phi) is 4.10. The van der Waals surface area contributed by atoms with Crippen LogP contribution in [-0.4, -0.2) is 30.9 Å². The summed E-state index contributed by atoms with van der Waals surface area (Å²) in [6.07, 6.45) is 3.33. The van der Waals surface area contributed by atoms with Gasteiger partial charge in [-0.15, -0.1) is 5.10 Å². The Morgan fingerprint density at radius 2 is 1.96 bits per heavy atom. The molecule has 0 bridgehead atoms. The standard InChI is InChI=1S/C18H16N6OS/c1-12-15(13(2)23(22-12)14-7-4-3-5-8-14)11-19-24-17(20-21-18(24)26)16-9-6-10-25-16/h3-11H,1-2H3,(H,21,26)/b19-11+. The topological polar surface area (TPSA) is 76.9 Å². The monoisotopic (exact) mass is 364 g/mol. The van der Waals surface area contributed by atoms with Gasteiger partial charge in [0.05, 0.1) is 29.6 Å². The number of nitrogens with one attached hydrogen (secondary N) is 1. The summed E-state index contributed by atoms with van der Waals surface area (Å²) in [6, 6.07) is 13.6. The Morgan fingerprint density at radius 3 is 2.69 bits per heavy atom. The molecule has 0 atom stereocenters. The molecule has 7 nitrogen and oxygen atoms in total. The smallest absolute Gasteiger partial charge is 0.219 e. The molecule has 4 rings (SSSR count). The molecule has 0 saturated heterocycles. The van der Waals surface area contributed by atoms with E-state index in [9.17, 15) is 0 Å². The Hall–Kier alpha value is -3.26. The molecule has 1 aromatic carbocycles. The van der Waals surface area contributed by atoms with Crippen molar-refractivity contribution < 1.29 is 4.42 Å². The normalized spacial score (nSPS) is 11.5. The number of H-pyrrole nitrogens is 1. The fourth-order valence-corrected chi connectivity index (χ4v) is 2.92. The summed E-state index contributed by atoms with van der Waals surface area (Å²) >= 11 is 5.28. The SMILES string of the molecule is Cc1nn(-c2ccccc2)c(C)c1/C=N/n1c(-c2ccco2)n[nH]c1=S. The van der Waals surface area contributed by atoms with Crippen LogP contribution in [0.2, 0.25) is 0 Å². The van der Waals surface area contributed by atoms with Crippen molar-refractivity contribution >= 4 is 18.4 Å². The molecule has 0 unspecified atom stereocenters. The quantitative estimate of drug-likeness (QED) is 0.440. The number of aromatic amines is 1. The zero-order valence-corrected chi connectivity index (χ0v) is 15.1. The molecule has 4 aromatic rings. The van der Waals surface area contributed by atoms with Gasteiger partial charge in [0.25, 0.3) is 0 Å². The zero-order chi connectivity index (χ0) is 18.1. The third-order valence-electron chi connectivity index (χ3n) is 4.04. The number of rotatable bonds is 4. The van der Waals surface area contributed by atoms with E-state index in [2.05, 4.69) is 20.4 Å². The van der Waals surface area contributed by atoms with Crippen molar-refractivity contribution in [2.45, 2.75) is 13.8 Å². The summed E-state index contributed by atoms with van der Waals surface area (Å²) in [7, 11) is 0. The molecule has 3 heterocycles.